The van der Waals surface area contributed by atoms with Crippen LogP contribution in [0.5, 0.6) is 0 Å². The van der Waals surface area contributed by atoms with Gasteiger partial charge in [0.1, 0.15) is 0 Å². The Bertz CT molecular complexity index is 346. The maximum Gasteiger partial charge on any atom is 0.0847 e. The van der Waals surface area contributed by atoms with Crippen molar-refractivity contribution < 1.29 is 5.11 Å². The fraction of sp³-hybridized carbons (Fsp3) is 0.750. The summed E-state index contributed by atoms with van der Waals surface area (Å²) in [5.74, 6) is 0.137. The maximum absolute atomic E-state index is 10.4. The van der Waals surface area contributed by atoms with Gasteiger partial charge in [-0.15, -0.1) is 0 Å². The zero-order chi connectivity index (χ0) is 12.3. The first-order valence-electron chi connectivity index (χ1n) is 5.88. The van der Waals surface area contributed by atoms with Crippen LogP contribution in [0.15, 0.2) is 6.07 Å². The highest BCUT2D eigenvalue weighted by Crippen LogP contribution is 2.21. The van der Waals surface area contributed by atoms with E-state index in [2.05, 4.69) is 5.10 Å². The van der Waals surface area contributed by atoms with Gasteiger partial charge in [-0.1, -0.05) is 13.8 Å². The second kappa shape index (κ2) is 4.97. The lowest BCUT2D eigenvalue weighted by Gasteiger charge is -2.30. The molecule has 0 aromatic carbocycles. The molecule has 1 heterocycles. The standard InChI is InChI=1S/C12H23N3O/c1-5-15-11(6-10(4)14-15)7-12(16,8-13)9(2)3/h6,9,16H,5,7-8,13H2,1-4H3. The van der Waals surface area contributed by atoms with E-state index in [0.29, 0.717) is 6.42 Å². The van der Waals surface area contributed by atoms with Crippen LogP contribution in [0.4, 0.5) is 0 Å². The molecule has 0 spiro atoms. The SMILES string of the molecule is CCn1nc(C)cc1CC(O)(CN)C(C)C. The minimum absolute atomic E-state index is 0.137. The molecule has 0 saturated heterocycles. The summed E-state index contributed by atoms with van der Waals surface area (Å²) in [4.78, 5) is 0. The van der Waals surface area contributed by atoms with Crippen molar-refractivity contribution in [2.75, 3.05) is 6.54 Å². The van der Waals surface area contributed by atoms with Crippen LogP contribution in [-0.2, 0) is 13.0 Å². The van der Waals surface area contributed by atoms with Crippen LogP contribution in [0.25, 0.3) is 0 Å². The summed E-state index contributed by atoms with van der Waals surface area (Å²) in [6.07, 6.45) is 0.565. The van der Waals surface area contributed by atoms with Gasteiger partial charge in [0.15, 0.2) is 0 Å². The first kappa shape index (κ1) is 13.2. The van der Waals surface area contributed by atoms with Crippen molar-refractivity contribution in [1.82, 2.24) is 9.78 Å². The quantitative estimate of drug-likeness (QED) is 0.788. The van der Waals surface area contributed by atoms with E-state index in [-0.39, 0.29) is 12.5 Å². The number of nitrogens with zero attached hydrogens (tertiary/aromatic N) is 2. The van der Waals surface area contributed by atoms with Gasteiger partial charge in [-0.25, -0.2) is 0 Å². The molecule has 0 fully saturated rings. The van der Waals surface area contributed by atoms with Crippen molar-refractivity contribution in [3.63, 3.8) is 0 Å². The van der Waals surface area contributed by atoms with Crippen molar-refractivity contribution in [3.05, 3.63) is 17.5 Å². The van der Waals surface area contributed by atoms with E-state index in [4.69, 9.17) is 5.73 Å². The number of hydrogen-bond donors (Lipinski definition) is 2. The second-order valence-electron chi connectivity index (χ2n) is 4.73. The van der Waals surface area contributed by atoms with Gasteiger partial charge in [-0.3, -0.25) is 4.68 Å². The van der Waals surface area contributed by atoms with E-state index >= 15 is 0 Å². The Balaban J connectivity index is 2.93. The molecule has 3 N–H and O–H groups in total. The van der Waals surface area contributed by atoms with Gasteiger partial charge in [0.05, 0.1) is 11.3 Å². The minimum Gasteiger partial charge on any atom is -0.388 e. The molecular weight excluding hydrogens is 202 g/mol. The summed E-state index contributed by atoms with van der Waals surface area (Å²) in [6, 6.07) is 2.02. The maximum atomic E-state index is 10.4. The normalized spacial score (nSPS) is 15.4. The van der Waals surface area contributed by atoms with Crippen molar-refractivity contribution in [1.29, 1.82) is 0 Å². The van der Waals surface area contributed by atoms with Gasteiger partial charge in [0.25, 0.3) is 0 Å². The molecule has 4 heteroatoms. The summed E-state index contributed by atoms with van der Waals surface area (Å²) in [5, 5.41) is 14.8. The lowest BCUT2D eigenvalue weighted by molar-refractivity contribution is 0.00234. The largest absolute Gasteiger partial charge is 0.388 e. The molecule has 0 saturated carbocycles. The first-order chi connectivity index (χ1) is 7.42. The van der Waals surface area contributed by atoms with E-state index < -0.39 is 5.60 Å². The number of hydrogen-bond acceptors (Lipinski definition) is 3. The zero-order valence-corrected chi connectivity index (χ0v) is 10.7. The summed E-state index contributed by atoms with van der Waals surface area (Å²) in [7, 11) is 0. The van der Waals surface area contributed by atoms with Crippen molar-refractivity contribution >= 4 is 0 Å². The molecule has 16 heavy (non-hydrogen) atoms. The van der Waals surface area contributed by atoms with Crippen molar-refractivity contribution in [3.8, 4) is 0 Å². The molecule has 1 unspecified atom stereocenters. The molecule has 1 aromatic rings. The number of aromatic nitrogens is 2. The van der Waals surface area contributed by atoms with Gasteiger partial charge < -0.3 is 10.8 Å². The molecule has 1 aromatic heterocycles. The van der Waals surface area contributed by atoms with E-state index in [1.54, 1.807) is 0 Å². The molecule has 0 radical (unpaired) electrons. The topological polar surface area (TPSA) is 64.1 Å². The van der Waals surface area contributed by atoms with Crippen LogP contribution in [-0.4, -0.2) is 27.0 Å². The molecule has 0 aliphatic rings. The predicted octanol–water partition coefficient (Wildman–Crippen LogP) is 1.10. The fourth-order valence-electron chi connectivity index (χ4n) is 1.84. The molecule has 92 valence electrons. The average molecular weight is 225 g/mol. The van der Waals surface area contributed by atoms with E-state index in [0.717, 1.165) is 17.9 Å². The Morgan fingerprint density at radius 1 is 1.56 bits per heavy atom. The molecule has 4 nitrogen and oxygen atoms in total. The van der Waals surface area contributed by atoms with Crippen molar-refractivity contribution in [2.24, 2.45) is 11.7 Å². The van der Waals surface area contributed by atoms with Gasteiger partial charge in [-0.2, -0.15) is 5.10 Å². The monoisotopic (exact) mass is 225 g/mol. The Labute approximate surface area is 97.5 Å². The number of aryl methyl sites for hydroxylation is 2. The fourth-order valence-corrected chi connectivity index (χ4v) is 1.84. The Morgan fingerprint density at radius 2 is 2.19 bits per heavy atom. The third-order valence-corrected chi connectivity index (χ3v) is 3.20. The van der Waals surface area contributed by atoms with Crippen LogP contribution in [0.3, 0.4) is 0 Å². The van der Waals surface area contributed by atoms with E-state index in [9.17, 15) is 5.11 Å². The second-order valence-corrected chi connectivity index (χ2v) is 4.73. The van der Waals surface area contributed by atoms with Crippen LogP contribution in [0.1, 0.15) is 32.2 Å². The van der Waals surface area contributed by atoms with Gasteiger partial charge >= 0.3 is 0 Å². The summed E-state index contributed by atoms with van der Waals surface area (Å²) < 4.78 is 1.93. The zero-order valence-electron chi connectivity index (χ0n) is 10.7. The molecule has 0 amide bonds. The number of nitrogens with two attached hydrogens (primary N) is 1. The molecular formula is C12H23N3O. The molecule has 1 rings (SSSR count). The Kier molecular flexibility index (Phi) is 4.10. The van der Waals surface area contributed by atoms with Gasteiger partial charge in [-0.05, 0) is 25.8 Å². The smallest absolute Gasteiger partial charge is 0.0847 e. The Hall–Kier alpha value is -0.870. The highest BCUT2D eigenvalue weighted by Gasteiger charge is 2.30. The van der Waals surface area contributed by atoms with E-state index in [1.165, 1.54) is 0 Å². The third kappa shape index (κ3) is 2.62. The molecule has 0 aliphatic heterocycles. The molecule has 0 aliphatic carbocycles. The number of rotatable bonds is 5. The lowest BCUT2D eigenvalue weighted by Crippen LogP contribution is -2.45. The first-order valence-corrected chi connectivity index (χ1v) is 5.88. The molecule has 1 atom stereocenters. The van der Waals surface area contributed by atoms with Crippen LogP contribution in [0, 0.1) is 12.8 Å². The average Bonchev–Trinajstić information content (AvgIpc) is 2.58. The van der Waals surface area contributed by atoms with Gasteiger partial charge in [0.2, 0.25) is 0 Å². The summed E-state index contributed by atoms with van der Waals surface area (Å²) in [5.41, 5.74) is 6.88. The lowest BCUT2D eigenvalue weighted by atomic mass is 9.86. The Morgan fingerprint density at radius 3 is 2.62 bits per heavy atom. The van der Waals surface area contributed by atoms with E-state index in [1.807, 2.05) is 38.4 Å². The van der Waals surface area contributed by atoms with Crippen molar-refractivity contribution in [2.45, 2.75) is 46.3 Å². The van der Waals surface area contributed by atoms with Crippen LogP contribution < -0.4 is 5.73 Å². The number of aliphatic hydroxyl groups is 1. The highest BCUT2D eigenvalue weighted by atomic mass is 16.3. The van der Waals surface area contributed by atoms with Crippen LogP contribution >= 0.6 is 0 Å². The highest BCUT2D eigenvalue weighted by molar-refractivity contribution is 5.12. The van der Waals surface area contributed by atoms with Crippen LogP contribution in [0.2, 0.25) is 0 Å². The summed E-state index contributed by atoms with van der Waals surface area (Å²) >= 11 is 0. The predicted molar refractivity (Wildman–Crippen MR) is 65.2 cm³/mol. The molecule has 0 bridgehead atoms. The third-order valence-electron chi connectivity index (χ3n) is 3.20. The summed E-state index contributed by atoms with van der Waals surface area (Å²) in [6.45, 7) is 9.10. The van der Waals surface area contributed by atoms with Gasteiger partial charge in [0, 0.05) is 25.2 Å². The minimum atomic E-state index is -0.834.